The molecule has 2 aromatic carbocycles. The number of sulfone groups is 1. The topological polar surface area (TPSA) is 75.6 Å². The Balaban J connectivity index is 1.51. The monoisotopic (exact) mass is 356 g/mol. The summed E-state index contributed by atoms with van der Waals surface area (Å²) < 4.78 is 22.8. The maximum absolute atomic E-state index is 11.8. The van der Waals surface area contributed by atoms with E-state index in [1.807, 2.05) is 54.6 Å². The molecule has 1 N–H and O–H groups in total. The highest BCUT2D eigenvalue weighted by molar-refractivity contribution is 7.91. The molecule has 130 valence electrons. The van der Waals surface area contributed by atoms with Gasteiger partial charge in [-0.25, -0.2) is 13.8 Å². The van der Waals surface area contributed by atoms with Gasteiger partial charge in [-0.05, 0) is 29.0 Å². The summed E-state index contributed by atoms with van der Waals surface area (Å²) in [5.41, 5.74) is 5.60. The summed E-state index contributed by atoms with van der Waals surface area (Å²) in [5.74, 6) is -0.0582. The van der Waals surface area contributed by atoms with Crippen molar-refractivity contribution in [3.8, 4) is 11.1 Å². The van der Waals surface area contributed by atoms with Gasteiger partial charge in [0.1, 0.15) is 0 Å². The van der Waals surface area contributed by atoms with E-state index in [1.165, 1.54) is 0 Å². The van der Waals surface area contributed by atoms with Crippen molar-refractivity contribution < 1.29 is 13.2 Å². The maximum atomic E-state index is 11.8. The van der Waals surface area contributed by atoms with Gasteiger partial charge in [-0.2, -0.15) is 5.10 Å². The highest BCUT2D eigenvalue weighted by Gasteiger charge is 2.29. The molecule has 1 saturated heterocycles. The van der Waals surface area contributed by atoms with E-state index in [4.69, 9.17) is 0 Å². The van der Waals surface area contributed by atoms with Gasteiger partial charge in [0.15, 0.2) is 9.84 Å². The van der Waals surface area contributed by atoms with Crippen molar-refractivity contribution in [3.63, 3.8) is 0 Å². The first-order chi connectivity index (χ1) is 12.0. The normalized spacial score (nSPS) is 19.1. The molecule has 0 bridgehead atoms. The Morgan fingerprint density at radius 3 is 2.40 bits per heavy atom. The van der Waals surface area contributed by atoms with Crippen LogP contribution in [0.15, 0.2) is 59.7 Å². The van der Waals surface area contributed by atoms with Crippen LogP contribution in [-0.2, 0) is 14.6 Å². The number of amides is 1. The summed E-state index contributed by atoms with van der Waals surface area (Å²) in [7, 11) is -2.95. The fourth-order valence-corrected chi connectivity index (χ4v) is 4.77. The largest absolute Gasteiger partial charge is 0.273 e. The first kappa shape index (κ1) is 17.4. The maximum Gasteiger partial charge on any atom is 0.240 e. The predicted molar refractivity (Wildman–Crippen MR) is 99.0 cm³/mol. The van der Waals surface area contributed by atoms with Crippen LogP contribution in [0.5, 0.6) is 0 Å². The number of hydrazone groups is 1. The van der Waals surface area contributed by atoms with Crippen molar-refractivity contribution in [2.75, 3.05) is 11.5 Å². The average Bonchev–Trinajstić information content (AvgIpc) is 2.95. The molecule has 1 amide bonds. The van der Waals surface area contributed by atoms with E-state index in [0.717, 1.165) is 16.7 Å². The summed E-state index contributed by atoms with van der Waals surface area (Å²) in [6.07, 6.45) is 2.34. The lowest BCUT2D eigenvalue weighted by Gasteiger charge is -2.05. The van der Waals surface area contributed by atoms with E-state index in [0.29, 0.717) is 6.42 Å². The third-order valence-electron chi connectivity index (χ3n) is 4.22. The van der Waals surface area contributed by atoms with E-state index >= 15 is 0 Å². The summed E-state index contributed by atoms with van der Waals surface area (Å²) >= 11 is 0. The number of hydrogen-bond donors (Lipinski definition) is 1. The van der Waals surface area contributed by atoms with Gasteiger partial charge in [-0.1, -0.05) is 54.6 Å². The summed E-state index contributed by atoms with van der Waals surface area (Å²) in [5, 5.41) is 3.95. The zero-order chi connectivity index (χ0) is 17.7. The van der Waals surface area contributed by atoms with Crippen molar-refractivity contribution >= 4 is 22.0 Å². The van der Waals surface area contributed by atoms with Crippen molar-refractivity contribution in [1.29, 1.82) is 0 Å². The number of nitrogens with one attached hydrogen (secondary N) is 1. The number of hydrogen-bond acceptors (Lipinski definition) is 4. The smallest absolute Gasteiger partial charge is 0.240 e. The van der Waals surface area contributed by atoms with Crippen LogP contribution in [0.3, 0.4) is 0 Å². The molecule has 6 heteroatoms. The molecule has 0 unspecified atom stereocenters. The second-order valence-electron chi connectivity index (χ2n) is 6.25. The van der Waals surface area contributed by atoms with Crippen molar-refractivity contribution in [2.24, 2.45) is 11.0 Å². The zero-order valence-corrected chi connectivity index (χ0v) is 14.6. The Labute approximate surface area is 147 Å². The molecule has 0 aliphatic carbocycles. The highest BCUT2D eigenvalue weighted by atomic mass is 32.2. The standard InChI is InChI=1S/C19H20N2O3S/c22-19(12-16-10-11-25(23,24)14-16)21-20-13-15-6-8-18(9-7-15)17-4-2-1-3-5-17/h1-9,13,16H,10-12,14H2,(H,21,22)/b20-13-/t16-/m0/s1. The Hall–Kier alpha value is -2.47. The third-order valence-corrected chi connectivity index (χ3v) is 6.06. The van der Waals surface area contributed by atoms with Gasteiger partial charge in [-0.3, -0.25) is 4.79 Å². The molecule has 5 nitrogen and oxygen atoms in total. The molecule has 1 atom stereocenters. The summed E-state index contributed by atoms with van der Waals surface area (Å²) in [4.78, 5) is 11.8. The van der Waals surface area contributed by atoms with Crippen LogP contribution < -0.4 is 5.43 Å². The first-order valence-corrected chi connectivity index (χ1v) is 10.0. The van der Waals surface area contributed by atoms with Gasteiger partial charge in [0.25, 0.3) is 0 Å². The van der Waals surface area contributed by atoms with Gasteiger partial charge >= 0.3 is 0 Å². The minimum Gasteiger partial charge on any atom is -0.273 e. The van der Waals surface area contributed by atoms with Crippen LogP contribution in [0.25, 0.3) is 11.1 Å². The second-order valence-corrected chi connectivity index (χ2v) is 8.48. The molecular formula is C19H20N2O3S. The lowest BCUT2D eigenvalue weighted by molar-refractivity contribution is -0.121. The van der Waals surface area contributed by atoms with Gasteiger partial charge in [0.2, 0.25) is 5.91 Å². The number of nitrogens with zero attached hydrogens (tertiary/aromatic N) is 1. The summed E-state index contributed by atoms with van der Waals surface area (Å²) in [6, 6.07) is 17.9. The molecule has 1 fully saturated rings. The SMILES string of the molecule is O=C(C[C@@H]1CCS(=O)(=O)C1)N/N=C\c1ccc(-c2ccccc2)cc1. The Kier molecular flexibility index (Phi) is 5.28. The number of carbonyl (C=O) groups excluding carboxylic acids is 1. The predicted octanol–water partition coefficient (Wildman–Crippen LogP) is 2.63. The molecular weight excluding hydrogens is 336 g/mol. The third kappa shape index (κ3) is 5.00. The minimum absolute atomic E-state index is 0.0923. The van der Waals surface area contributed by atoms with Crippen LogP contribution in [0.1, 0.15) is 18.4 Å². The van der Waals surface area contributed by atoms with Crippen LogP contribution in [0.4, 0.5) is 0 Å². The highest BCUT2D eigenvalue weighted by Crippen LogP contribution is 2.21. The second kappa shape index (κ2) is 7.61. The molecule has 1 aliphatic rings. The Morgan fingerprint density at radius 2 is 1.76 bits per heavy atom. The van der Waals surface area contributed by atoms with Gasteiger partial charge < -0.3 is 0 Å². The Bertz CT molecular complexity index is 859. The Morgan fingerprint density at radius 1 is 1.08 bits per heavy atom. The molecule has 3 rings (SSSR count). The molecule has 1 heterocycles. The molecule has 0 saturated carbocycles. The van der Waals surface area contributed by atoms with Crippen molar-refractivity contribution in [1.82, 2.24) is 5.43 Å². The molecule has 1 aliphatic heterocycles. The fourth-order valence-electron chi connectivity index (χ4n) is 2.91. The number of carbonyl (C=O) groups is 1. The van der Waals surface area contributed by atoms with Crippen LogP contribution in [0, 0.1) is 5.92 Å². The lowest BCUT2D eigenvalue weighted by atomic mass is 10.0. The fraction of sp³-hybridized carbons (Fsp3) is 0.263. The van der Waals surface area contributed by atoms with Gasteiger partial charge in [0.05, 0.1) is 17.7 Å². The number of benzene rings is 2. The summed E-state index contributed by atoms with van der Waals surface area (Å²) in [6.45, 7) is 0. The van der Waals surface area contributed by atoms with Crippen molar-refractivity contribution in [2.45, 2.75) is 12.8 Å². The number of rotatable bonds is 5. The van der Waals surface area contributed by atoms with Crippen molar-refractivity contribution in [3.05, 3.63) is 60.2 Å². The van der Waals surface area contributed by atoms with E-state index in [1.54, 1.807) is 6.21 Å². The molecule has 25 heavy (non-hydrogen) atoms. The molecule has 0 aromatic heterocycles. The molecule has 2 aromatic rings. The van der Waals surface area contributed by atoms with E-state index in [-0.39, 0.29) is 29.8 Å². The van der Waals surface area contributed by atoms with Crippen LogP contribution in [0.2, 0.25) is 0 Å². The van der Waals surface area contributed by atoms with E-state index in [9.17, 15) is 13.2 Å². The first-order valence-electron chi connectivity index (χ1n) is 8.20. The quantitative estimate of drug-likeness (QED) is 0.661. The van der Waals surface area contributed by atoms with Gasteiger partial charge in [-0.15, -0.1) is 0 Å². The van der Waals surface area contributed by atoms with Gasteiger partial charge in [0, 0.05) is 6.42 Å². The van der Waals surface area contributed by atoms with Crippen LogP contribution >= 0.6 is 0 Å². The zero-order valence-electron chi connectivity index (χ0n) is 13.8. The van der Waals surface area contributed by atoms with E-state index < -0.39 is 9.84 Å². The molecule has 0 radical (unpaired) electrons. The van der Waals surface area contributed by atoms with E-state index in [2.05, 4.69) is 10.5 Å². The minimum atomic E-state index is -2.95. The average molecular weight is 356 g/mol. The van der Waals surface area contributed by atoms with Crippen LogP contribution in [-0.4, -0.2) is 32.0 Å². The lowest BCUT2D eigenvalue weighted by Crippen LogP contribution is -2.21. The molecule has 0 spiro atoms.